The van der Waals surface area contributed by atoms with Crippen molar-refractivity contribution in [2.24, 2.45) is 0 Å². The molecule has 4 nitrogen and oxygen atoms in total. The molecule has 1 atom stereocenters. The Morgan fingerprint density at radius 3 is 2.81 bits per heavy atom. The first-order valence-corrected chi connectivity index (χ1v) is 8.13. The van der Waals surface area contributed by atoms with Gasteiger partial charge < -0.3 is 10.6 Å². The number of carbonyl (C=O) groups excluding carboxylic acids is 1. The summed E-state index contributed by atoms with van der Waals surface area (Å²) in [4.78, 5) is 14.6. The van der Waals surface area contributed by atoms with E-state index in [1.54, 1.807) is 0 Å². The summed E-state index contributed by atoms with van der Waals surface area (Å²) in [6, 6.07) is 8.91. The molecule has 1 saturated carbocycles. The number of para-hydroxylation sites is 1. The number of urea groups is 1. The lowest BCUT2D eigenvalue weighted by molar-refractivity contribution is 0.237. The second kappa shape index (κ2) is 6.48. The molecular weight excluding hydrogens is 262 g/mol. The zero-order chi connectivity index (χ0) is 14.7. The SMILES string of the molecule is CC1CN(C(=O)NC2CCCCC2)c2ccccc2CN1. The molecular formula is C17H25N3O. The molecule has 1 aromatic rings. The van der Waals surface area contributed by atoms with Crippen LogP contribution in [0.3, 0.4) is 0 Å². The number of fused-ring (bicyclic) bond motifs is 1. The van der Waals surface area contributed by atoms with Gasteiger partial charge in [-0.15, -0.1) is 0 Å². The smallest absolute Gasteiger partial charge is 0.322 e. The number of nitrogens with zero attached hydrogens (tertiary/aromatic N) is 1. The van der Waals surface area contributed by atoms with Crippen molar-refractivity contribution in [3.05, 3.63) is 29.8 Å². The largest absolute Gasteiger partial charge is 0.335 e. The van der Waals surface area contributed by atoms with E-state index < -0.39 is 0 Å². The highest BCUT2D eigenvalue weighted by Crippen LogP contribution is 2.24. The average Bonchev–Trinajstić information content (AvgIpc) is 2.68. The lowest BCUT2D eigenvalue weighted by Crippen LogP contribution is -2.48. The highest BCUT2D eigenvalue weighted by Gasteiger charge is 2.25. The Hall–Kier alpha value is -1.55. The molecule has 0 spiro atoms. The van der Waals surface area contributed by atoms with Crippen molar-refractivity contribution in [3.8, 4) is 0 Å². The first-order valence-electron chi connectivity index (χ1n) is 8.13. The van der Waals surface area contributed by atoms with E-state index in [-0.39, 0.29) is 6.03 Å². The molecule has 1 aromatic carbocycles. The van der Waals surface area contributed by atoms with Crippen molar-refractivity contribution in [2.45, 2.75) is 57.7 Å². The van der Waals surface area contributed by atoms with Gasteiger partial charge in [0, 0.05) is 30.9 Å². The topological polar surface area (TPSA) is 44.4 Å². The summed E-state index contributed by atoms with van der Waals surface area (Å²) < 4.78 is 0. The van der Waals surface area contributed by atoms with Crippen LogP contribution >= 0.6 is 0 Å². The summed E-state index contributed by atoms with van der Waals surface area (Å²) in [5.41, 5.74) is 2.24. The van der Waals surface area contributed by atoms with Crippen LogP contribution in [0.4, 0.5) is 10.5 Å². The van der Waals surface area contributed by atoms with Crippen LogP contribution in [0.2, 0.25) is 0 Å². The number of hydrogen-bond acceptors (Lipinski definition) is 2. The van der Waals surface area contributed by atoms with E-state index in [1.807, 2.05) is 17.0 Å². The minimum atomic E-state index is 0.0601. The van der Waals surface area contributed by atoms with Gasteiger partial charge in [-0.05, 0) is 31.4 Å². The van der Waals surface area contributed by atoms with Crippen LogP contribution < -0.4 is 15.5 Å². The van der Waals surface area contributed by atoms with Gasteiger partial charge in [0.05, 0.1) is 0 Å². The summed E-state index contributed by atoms with van der Waals surface area (Å²) in [6.45, 7) is 3.67. The van der Waals surface area contributed by atoms with Gasteiger partial charge in [-0.25, -0.2) is 4.79 Å². The molecule has 1 aliphatic carbocycles. The van der Waals surface area contributed by atoms with Crippen LogP contribution in [0.1, 0.15) is 44.6 Å². The van der Waals surface area contributed by atoms with Gasteiger partial charge in [0.25, 0.3) is 0 Å². The second-order valence-electron chi connectivity index (χ2n) is 6.31. The van der Waals surface area contributed by atoms with E-state index in [1.165, 1.54) is 24.8 Å². The standard InChI is InChI=1S/C17H25N3O/c1-13-12-20(16-10-6-5-7-14(16)11-18-13)17(21)19-15-8-3-2-4-9-15/h5-7,10,13,15,18H,2-4,8-9,11-12H2,1H3,(H,19,21). The van der Waals surface area contributed by atoms with E-state index >= 15 is 0 Å². The maximum atomic E-state index is 12.7. The molecule has 4 heteroatoms. The number of amides is 2. The van der Waals surface area contributed by atoms with Crippen LogP contribution in [0, 0.1) is 0 Å². The predicted octanol–water partition coefficient (Wildman–Crippen LogP) is 3.03. The molecule has 21 heavy (non-hydrogen) atoms. The van der Waals surface area contributed by atoms with Crippen molar-refractivity contribution in [3.63, 3.8) is 0 Å². The van der Waals surface area contributed by atoms with Crippen LogP contribution in [0.25, 0.3) is 0 Å². The molecule has 1 heterocycles. The molecule has 3 rings (SSSR count). The Morgan fingerprint density at radius 2 is 2.00 bits per heavy atom. The van der Waals surface area contributed by atoms with E-state index in [2.05, 4.69) is 29.7 Å². The molecule has 0 bridgehead atoms. The lowest BCUT2D eigenvalue weighted by Gasteiger charge is -2.29. The van der Waals surface area contributed by atoms with E-state index in [4.69, 9.17) is 0 Å². The molecule has 2 amide bonds. The zero-order valence-corrected chi connectivity index (χ0v) is 12.8. The van der Waals surface area contributed by atoms with Crippen molar-refractivity contribution in [1.82, 2.24) is 10.6 Å². The Bertz CT molecular complexity index is 497. The Kier molecular flexibility index (Phi) is 4.44. The van der Waals surface area contributed by atoms with Crippen molar-refractivity contribution >= 4 is 11.7 Å². The van der Waals surface area contributed by atoms with Crippen molar-refractivity contribution in [2.75, 3.05) is 11.4 Å². The van der Waals surface area contributed by atoms with Gasteiger partial charge >= 0.3 is 6.03 Å². The fourth-order valence-electron chi connectivity index (χ4n) is 3.34. The predicted molar refractivity (Wildman–Crippen MR) is 85.5 cm³/mol. The van der Waals surface area contributed by atoms with Crippen LogP contribution in [0.5, 0.6) is 0 Å². The van der Waals surface area contributed by atoms with E-state index in [0.29, 0.717) is 12.1 Å². The second-order valence-corrected chi connectivity index (χ2v) is 6.31. The van der Waals surface area contributed by atoms with Crippen LogP contribution in [-0.4, -0.2) is 24.7 Å². The van der Waals surface area contributed by atoms with Crippen LogP contribution in [-0.2, 0) is 6.54 Å². The maximum absolute atomic E-state index is 12.7. The zero-order valence-electron chi connectivity index (χ0n) is 12.8. The molecule has 1 fully saturated rings. The van der Waals surface area contributed by atoms with Crippen LogP contribution in [0.15, 0.2) is 24.3 Å². The summed E-state index contributed by atoms with van der Waals surface area (Å²) in [5.74, 6) is 0. The minimum absolute atomic E-state index is 0.0601. The normalized spacial score (nSPS) is 23.3. The first kappa shape index (κ1) is 14.4. The molecule has 114 valence electrons. The highest BCUT2D eigenvalue weighted by atomic mass is 16.2. The quantitative estimate of drug-likeness (QED) is 0.834. The van der Waals surface area contributed by atoms with Crippen molar-refractivity contribution < 1.29 is 4.79 Å². The maximum Gasteiger partial charge on any atom is 0.322 e. The van der Waals surface area contributed by atoms with Gasteiger partial charge in [0.15, 0.2) is 0 Å². The summed E-state index contributed by atoms with van der Waals surface area (Å²) in [6.07, 6.45) is 6.02. The third kappa shape index (κ3) is 3.38. The average molecular weight is 287 g/mol. The number of rotatable bonds is 1. The number of hydrogen-bond donors (Lipinski definition) is 2. The molecule has 0 saturated heterocycles. The first-order chi connectivity index (χ1) is 10.2. The number of nitrogens with one attached hydrogen (secondary N) is 2. The van der Waals surface area contributed by atoms with E-state index in [9.17, 15) is 4.79 Å². The third-order valence-corrected chi connectivity index (χ3v) is 4.56. The summed E-state index contributed by atoms with van der Waals surface area (Å²) >= 11 is 0. The highest BCUT2D eigenvalue weighted by molar-refractivity contribution is 5.93. The Morgan fingerprint density at radius 1 is 1.24 bits per heavy atom. The monoisotopic (exact) mass is 287 g/mol. The molecule has 1 aliphatic heterocycles. The number of anilines is 1. The molecule has 2 N–H and O–H groups in total. The Balaban J connectivity index is 1.76. The molecule has 2 aliphatic rings. The molecule has 0 radical (unpaired) electrons. The summed E-state index contributed by atoms with van der Waals surface area (Å²) in [7, 11) is 0. The number of carbonyl (C=O) groups is 1. The van der Waals surface area contributed by atoms with Gasteiger partial charge in [0.1, 0.15) is 0 Å². The van der Waals surface area contributed by atoms with Crippen molar-refractivity contribution in [1.29, 1.82) is 0 Å². The molecule has 1 unspecified atom stereocenters. The van der Waals surface area contributed by atoms with Gasteiger partial charge in [0.2, 0.25) is 0 Å². The summed E-state index contributed by atoms with van der Waals surface area (Å²) in [5, 5.41) is 6.70. The lowest BCUT2D eigenvalue weighted by atomic mass is 9.96. The Labute approximate surface area is 126 Å². The third-order valence-electron chi connectivity index (χ3n) is 4.56. The van der Waals surface area contributed by atoms with Gasteiger partial charge in [-0.2, -0.15) is 0 Å². The van der Waals surface area contributed by atoms with Gasteiger partial charge in [-0.3, -0.25) is 4.90 Å². The number of benzene rings is 1. The fraction of sp³-hybridized carbons (Fsp3) is 0.588. The van der Waals surface area contributed by atoms with E-state index in [0.717, 1.165) is 31.6 Å². The fourth-order valence-corrected chi connectivity index (χ4v) is 3.34. The van der Waals surface area contributed by atoms with Gasteiger partial charge in [-0.1, -0.05) is 37.5 Å². The minimum Gasteiger partial charge on any atom is -0.335 e. The molecule has 0 aromatic heterocycles.